The molecule has 2 aliphatic rings. The van der Waals surface area contributed by atoms with Crippen LogP contribution in [0.15, 0.2) is 18.2 Å². The molecule has 0 atom stereocenters. The summed E-state index contributed by atoms with van der Waals surface area (Å²) in [5.74, 6) is 1.54. The van der Waals surface area contributed by atoms with Crippen LogP contribution in [0.5, 0.6) is 11.5 Å². The van der Waals surface area contributed by atoms with Crippen LogP contribution in [0.25, 0.3) is 0 Å². The molecule has 0 amide bonds. The Labute approximate surface area is 113 Å². The van der Waals surface area contributed by atoms with Gasteiger partial charge in [-0.1, -0.05) is 13.0 Å². The van der Waals surface area contributed by atoms with Gasteiger partial charge in [-0.15, -0.1) is 0 Å². The van der Waals surface area contributed by atoms with Crippen molar-refractivity contribution in [1.29, 1.82) is 0 Å². The van der Waals surface area contributed by atoms with Gasteiger partial charge >= 0.3 is 0 Å². The van der Waals surface area contributed by atoms with Crippen molar-refractivity contribution in [2.75, 3.05) is 32.8 Å². The van der Waals surface area contributed by atoms with E-state index < -0.39 is 5.60 Å². The van der Waals surface area contributed by atoms with Crippen molar-refractivity contribution in [1.82, 2.24) is 4.90 Å². The third-order valence-corrected chi connectivity index (χ3v) is 4.21. The highest BCUT2D eigenvalue weighted by Crippen LogP contribution is 2.38. The topological polar surface area (TPSA) is 41.9 Å². The Morgan fingerprint density at radius 3 is 2.53 bits per heavy atom. The van der Waals surface area contributed by atoms with Crippen molar-refractivity contribution < 1.29 is 14.6 Å². The van der Waals surface area contributed by atoms with Crippen LogP contribution in [-0.4, -0.2) is 42.9 Å². The number of piperidine rings is 1. The maximum Gasteiger partial charge on any atom is 0.161 e. The quantitative estimate of drug-likeness (QED) is 0.883. The fourth-order valence-corrected chi connectivity index (χ4v) is 2.86. The van der Waals surface area contributed by atoms with Crippen LogP contribution in [0, 0.1) is 0 Å². The van der Waals surface area contributed by atoms with Crippen molar-refractivity contribution in [3.05, 3.63) is 23.8 Å². The standard InChI is InChI=1S/C15H21NO3/c1-2-16-7-5-15(17,6-8-16)12-3-4-13-14(11-12)19-10-9-18-13/h3-4,11,17H,2,5-10H2,1H3. The number of likely N-dealkylation sites (tertiary alicyclic amines) is 1. The molecule has 0 spiro atoms. The Kier molecular flexibility index (Phi) is 3.37. The first-order valence-corrected chi connectivity index (χ1v) is 7.06. The molecular formula is C15H21NO3. The van der Waals surface area contributed by atoms with E-state index >= 15 is 0 Å². The van der Waals surface area contributed by atoms with Gasteiger partial charge < -0.3 is 19.5 Å². The van der Waals surface area contributed by atoms with Gasteiger partial charge in [-0.3, -0.25) is 0 Å². The molecule has 0 saturated carbocycles. The molecule has 1 aromatic carbocycles. The van der Waals surface area contributed by atoms with Gasteiger partial charge in [0.25, 0.3) is 0 Å². The summed E-state index contributed by atoms with van der Waals surface area (Å²) in [6.45, 7) is 6.29. The molecule has 1 aromatic rings. The lowest BCUT2D eigenvalue weighted by Crippen LogP contribution is -2.42. The molecule has 0 unspecified atom stereocenters. The Balaban J connectivity index is 1.81. The van der Waals surface area contributed by atoms with Crippen molar-refractivity contribution in [3.63, 3.8) is 0 Å². The average molecular weight is 263 g/mol. The number of rotatable bonds is 2. The molecule has 1 fully saturated rings. The van der Waals surface area contributed by atoms with Gasteiger partial charge in [0.15, 0.2) is 11.5 Å². The Morgan fingerprint density at radius 2 is 1.84 bits per heavy atom. The summed E-state index contributed by atoms with van der Waals surface area (Å²) in [5, 5.41) is 10.8. The summed E-state index contributed by atoms with van der Waals surface area (Å²) in [4.78, 5) is 2.37. The van der Waals surface area contributed by atoms with Gasteiger partial charge in [-0.25, -0.2) is 0 Å². The van der Waals surface area contributed by atoms with E-state index in [0.29, 0.717) is 13.2 Å². The predicted molar refractivity (Wildman–Crippen MR) is 72.7 cm³/mol. The zero-order valence-corrected chi connectivity index (χ0v) is 11.4. The minimum Gasteiger partial charge on any atom is -0.486 e. The molecule has 3 rings (SSSR count). The smallest absolute Gasteiger partial charge is 0.161 e. The zero-order chi connectivity index (χ0) is 13.3. The van der Waals surface area contributed by atoms with Gasteiger partial charge in [0.1, 0.15) is 13.2 Å². The number of fused-ring (bicyclic) bond motifs is 1. The molecule has 4 heteroatoms. The SMILES string of the molecule is CCN1CCC(O)(c2ccc3c(c2)OCCO3)CC1. The van der Waals surface area contributed by atoms with Crippen molar-refractivity contribution in [2.45, 2.75) is 25.4 Å². The highest BCUT2D eigenvalue weighted by atomic mass is 16.6. The number of nitrogens with zero attached hydrogens (tertiary/aromatic N) is 1. The van der Waals surface area contributed by atoms with E-state index in [1.807, 2.05) is 18.2 Å². The summed E-state index contributed by atoms with van der Waals surface area (Å²) in [6, 6.07) is 5.82. The van der Waals surface area contributed by atoms with Gasteiger partial charge in [0.05, 0.1) is 5.60 Å². The molecule has 0 aliphatic carbocycles. The fourth-order valence-electron chi connectivity index (χ4n) is 2.86. The molecule has 1 saturated heterocycles. The minimum atomic E-state index is -0.721. The average Bonchev–Trinajstić information content (AvgIpc) is 2.47. The van der Waals surface area contributed by atoms with Crippen LogP contribution in [0.4, 0.5) is 0 Å². The maximum atomic E-state index is 10.8. The van der Waals surface area contributed by atoms with Crippen LogP contribution < -0.4 is 9.47 Å². The highest BCUT2D eigenvalue weighted by molar-refractivity contribution is 5.45. The molecular weight excluding hydrogens is 242 g/mol. The lowest BCUT2D eigenvalue weighted by molar-refractivity contribution is -0.0249. The van der Waals surface area contributed by atoms with Crippen molar-refractivity contribution >= 4 is 0 Å². The first-order valence-electron chi connectivity index (χ1n) is 7.06. The molecule has 104 valence electrons. The van der Waals surface area contributed by atoms with Gasteiger partial charge in [-0.2, -0.15) is 0 Å². The molecule has 0 bridgehead atoms. The van der Waals surface area contributed by atoms with Gasteiger partial charge in [-0.05, 0) is 37.1 Å². The Hall–Kier alpha value is -1.26. The first kappa shape index (κ1) is 12.8. The van der Waals surface area contributed by atoms with Crippen molar-refractivity contribution in [2.24, 2.45) is 0 Å². The van der Waals surface area contributed by atoms with Crippen LogP contribution >= 0.6 is 0 Å². The first-order chi connectivity index (χ1) is 9.21. The van der Waals surface area contributed by atoms with E-state index in [0.717, 1.165) is 49.5 Å². The van der Waals surface area contributed by atoms with E-state index in [9.17, 15) is 5.11 Å². The summed E-state index contributed by atoms with van der Waals surface area (Å²) >= 11 is 0. The second kappa shape index (κ2) is 5.02. The van der Waals surface area contributed by atoms with E-state index in [1.54, 1.807) is 0 Å². The monoisotopic (exact) mass is 263 g/mol. The third-order valence-electron chi connectivity index (χ3n) is 4.21. The van der Waals surface area contributed by atoms with Crippen molar-refractivity contribution in [3.8, 4) is 11.5 Å². The lowest BCUT2D eigenvalue weighted by Gasteiger charge is -2.38. The summed E-state index contributed by atoms with van der Waals surface area (Å²) in [5.41, 5.74) is 0.231. The Bertz CT molecular complexity index is 453. The minimum absolute atomic E-state index is 0.582. The second-order valence-electron chi connectivity index (χ2n) is 5.32. The number of aliphatic hydroxyl groups is 1. The van der Waals surface area contributed by atoms with Crippen LogP contribution in [0.3, 0.4) is 0 Å². The largest absolute Gasteiger partial charge is 0.486 e. The number of benzene rings is 1. The molecule has 2 heterocycles. The number of ether oxygens (including phenoxy) is 2. The molecule has 2 aliphatic heterocycles. The summed E-state index contributed by atoms with van der Waals surface area (Å²) in [7, 11) is 0. The predicted octanol–water partition coefficient (Wildman–Crippen LogP) is 1.76. The van der Waals surface area contributed by atoms with Crippen LogP contribution in [-0.2, 0) is 5.60 Å². The molecule has 0 radical (unpaired) electrons. The number of hydrogen-bond donors (Lipinski definition) is 1. The van der Waals surface area contributed by atoms with Crippen LogP contribution in [0.2, 0.25) is 0 Å². The molecule has 4 nitrogen and oxygen atoms in total. The lowest BCUT2D eigenvalue weighted by atomic mass is 9.84. The van der Waals surface area contributed by atoms with E-state index in [2.05, 4.69) is 11.8 Å². The third kappa shape index (κ3) is 2.42. The van der Waals surface area contributed by atoms with Crippen LogP contribution in [0.1, 0.15) is 25.3 Å². The normalized spacial score (nSPS) is 22.2. The molecule has 19 heavy (non-hydrogen) atoms. The number of hydrogen-bond acceptors (Lipinski definition) is 4. The van der Waals surface area contributed by atoms with E-state index in [-0.39, 0.29) is 0 Å². The summed E-state index contributed by atoms with van der Waals surface area (Å²) < 4.78 is 11.1. The Morgan fingerprint density at radius 1 is 1.16 bits per heavy atom. The fraction of sp³-hybridized carbons (Fsp3) is 0.600. The molecule has 1 N–H and O–H groups in total. The molecule has 0 aromatic heterocycles. The zero-order valence-electron chi connectivity index (χ0n) is 11.4. The maximum absolute atomic E-state index is 10.8. The summed E-state index contributed by atoms with van der Waals surface area (Å²) in [6.07, 6.45) is 1.56. The van der Waals surface area contributed by atoms with Gasteiger partial charge in [0, 0.05) is 13.1 Å². The van der Waals surface area contributed by atoms with Gasteiger partial charge in [0.2, 0.25) is 0 Å². The van der Waals surface area contributed by atoms with E-state index in [4.69, 9.17) is 9.47 Å². The van der Waals surface area contributed by atoms with E-state index in [1.165, 1.54) is 0 Å². The second-order valence-corrected chi connectivity index (χ2v) is 5.32. The highest BCUT2D eigenvalue weighted by Gasteiger charge is 2.34.